The summed E-state index contributed by atoms with van der Waals surface area (Å²) in [6.45, 7) is 4.18. The average molecular weight is 339 g/mol. The summed E-state index contributed by atoms with van der Waals surface area (Å²) in [5.74, 6) is -0.511. The van der Waals surface area contributed by atoms with Crippen molar-refractivity contribution in [2.45, 2.75) is 13.8 Å². The molecule has 0 saturated heterocycles. The summed E-state index contributed by atoms with van der Waals surface area (Å²) in [7, 11) is 0. The van der Waals surface area contributed by atoms with Gasteiger partial charge in [0.2, 0.25) is 0 Å². The highest BCUT2D eigenvalue weighted by atomic mass is 19.1. The lowest BCUT2D eigenvalue weighted by atomic mass is 10.2. The van der Waals surface area contributed by atoms with E-state index in [1.165, 1.54) is 12.1 Å². The molecule has 0 fully saturated rings. The summed E-state index contributed by atoms with van der Waals surface area (Å²) in [6.07, 6.45) is 0. The number of halogens is 1. The van der Waals surface area contributed by atoms with E-state index in [1.807, 2.05) is 26.0 Å². The number of fused-ring (bicyclic) bond motifs is 1. The van der Waals surface area contributed by atoms with Crippen LogP contribution in [0.4, 0.5) is 15.9 Å². The van der Waals surface area contributed by atoms with E-state index in [2.05, 4.69) is 15.3 Å². The zero-order chi connectivity index (χ0) is 17.8. The smallest absolute Gasteiger partial charge is 0.360 e. The molecule has 0 aliphatic rings. The van der Waals surface area contributed by atoms with Crippen molar-refractivity contribution in [3.63, 3.8) is 0 Å². The highest BCUT2D eigenvalue weighted by molar-refractivity contribution is 5.96. The second kappa shape index (κ2) is 7.25. The Morgan fingerprint density at radius 2 is 1.84 bits per heavy atom. The number of hydrogen-bond donors (Lipinski definition) is 1. The summed E-state index contributed by atoms with van der Waals surface area (Å²) in [5, 5.41) is 2.96. The number of anilines is 2. The minimum Gasteiger partial charge on any atom is -0.461 e. The highest BCUT2D eigenvalue weighted by Crippen LogP contribution is 2.22. The fourth-order valence-electron chi connectivity index (χ4n) is 2.24. The van der Waals surface area contributed by atoms with Crippen molar-refractivity contribution in [3.8, 4) is 0 Å². The second-order valence-corrected chi connectivity index (χ2v) is 6.04. The van der Waals surface area contributed by atoms with E-state index in [4.69, 9.17) is 4.74 Å². The summed E-state index contributed by atoms with van der Waals surface area (Å²) in [4.78, 5) is 21.3. The Hall–Kier alpha value is -3.02. The van der Waals surface area contributed by atoms with E-state index in [9.17, 15) is 9.18 Å². The molecule has 0 unspecified atom stereocenters. The average Bonchev–Trinajstić information content (AvgIpc) is 2.59. The molecule has 0 atom stereocenters. The van der Waals surface area contributed by atoms with Crippen LogP contribution in [-0.2, 0) is 4.74 Å². The number of hydrogen-bond acceptors (Lipinski definition) is 5. The van der Waals surface area contributed by atoms with Gasteiger partial charge >= 0.3 is 5.97 Å². The van der Waals surface area contributed by atoms with Gasteiger partial charge in [0.1, 0.15) is 5.82 Å². The first kappa shape index (κ1) is 16.8. The maximum atomic E-state index is 13.4. The maximum absolute atomic E-state index is 13.4. The fraction of sp³-hybridized carbons (Fsp3) is 0.211. The van der Waals surface area contributed by atoms with Gasteiger partial charge in [0.15, 0.2) is 11.5 Å². The van der Waals surface area contributed by atoms with Crippen LogP contribution in [0.1, 0.15) is 24.3 Å². The summed E-state index contributed by atoms with van der Waals surface area (Å²) >= 11 is 0. The number of carbonyl (C=O) groups excluding carboxylic acids is 1. The second-order valence-electron chi connectivity index (χ2n) is 6.04. The van der Waals surface area contributed by atoms with Crippen molar-refractivity contribution in [1.29, 1.82) is 0 Å². The molecule has 6 heteroatoms. The molecule has 0 amide bonds. The number of carbonyl (C=O) groups is 1. The van der Waals surface area contributed by atoms with Crippen LogP contribution < -0.4 is 5.32 Å². The zero-order valence-electron chi connectivity index (χ0n) is 14.0. The van der Waals surface area contributed by atoms with E-state index in [0.717, 1.165) is 0 Å². The molecule has 2 aromatic carbocycles. The van der Waals surface area contributed by atoms with Crippen LogP contribution >= 0.6 is 0 Å². The molecule has 3 aromatic rings. The molecular weight excluding hydrogens is 321 g/mol. The van der Waals surface area contributed by atoms with Crippen LogP contribution in [0.3, 0.4) is 0 Å². The molecule has 0 bridgehead atoms. The van der Waals surface area contributed by atoms with Gasteiger partial charge in [-0.15, -0.1) is 0 Å². The van der Waals surface area contributed by atoms with Gasteiger partial charge in [0.05, 0.1) is 17.6 Å². The normalized spacial score (nSPS) is 10.9. The van der Waals surface area contributed by atoms with Crippen LogP contribution in [0, 0.1) is 11.7 Å². The lowest BCUT2D eigenvalue weighted by Gasteiger charge is -2.12. The van der Waals surface area contributed by atoms with Gasteiger partial charge < -0.3 is 10.1 Å². The van der Waals surface area contributed by atoms with Crippen LogP contribution in [-0.4, -0.2) is 22.5 Å². The Labute approximate surface area is 144 Å². The van der Waals surface area contributed by atoms with Gasteiger partial charge in [0.25, 0.3) is 0 Å². The molecule has 0 radical (unpaired) electrons. The monoisotopic (exact) mass is 339 g/mol. The highest BCUT2D eigenvalue weighted by Gasteiger charge is 2.19. The summed E-state index contributed by atoms with van der Waals surface area (Å²) < 4.78 is 18.7. The van der Waals surface area contributed by atoms with Gasteiger partial charge in [-0.25, -0.2) is 19.2 Å². The number of rotatable bonds is 5. The van der Waals surface area contributed by atoms with Crippen molar-refractivity contribution in [2.75, 3.05) is 11.9 Å². The predicted molar refractivity (Wildman–Crippen MR) is 94.3 cm³/mol. The first-order valence-corrected chi connectivity index (χ1v) is 7.99. The Kier molecular flexibility index (Phi) is 4.88. The predicted octanol–water partition coefficient (Wildman–Crippen LogP) is 4.33. The van der Waals surface area contributed by atoms with Crippen molar-refractivity contribution in [2.24, 2.45) is 5.92 Å². The van der Waals surface area contributed by atoms with Gasteiger partial charge in [-0.2, -0.15) is 0 Å². The van der Waals surface area contributed by atoms with E-state index < -0.39 is 5.97 Å². The Bertz CT molecular complexity index is 912. The Morgan fingerprint density at radius 1 is 1.12 bits per heavy atom. The van der Waals surface area contributed by atoms with Gasteiger partial charge in [0, 0.05) is 5.69 Å². The molecule has 0 aliphatic carbocycles. The molecule has 1 heterocycles. The molecule has 0 spiro atoms. The molecule has 1 N–H and O–H groups in total. The van der Waals surface area contributed by atoms with E-state index in [0.29, 0.717) is 16.7 Å². The number of esters is 1. The number of benzene rings is 2. The first-order chi connectivity index (χ1) is 12.0. The van der Waals surface area contributed by atoms with Crippen LogP contribution in [0.25, 0.3) is 11.0 Å². The minimum absolute atomic E-state index is 0.0728. The fourth-order valence-corrected chi connectivity index (χ4v) is 2.24. The van der Waals surface area contributed by atoms with E-state index >= 15 is 0 Å². The van der Waals surface area contributed by atoms with Crippen LogP contribution in [0.15, 0.2) is 48.5 Å². The standard InChI is InChI=1S/C19H18FN3O2/c1-12(2)11-25-19(24)17-18(21-14-7-5-6-13(20)10-14)23-16-9-4-3-8-15(16)22-17/h3-10,12H,11H2,1-2H3,(H,21,23). The van der Waals surface area contributed by atoms with Crippen LogP contribution in [0.5, 0.6) is 0 Å². The Morgan fingerprint density at radius 3 is 2.52 bits per heavy atom. The van der Waals surface area contributed by atoms with Crippen molar-refractivity contribution in [1.82, 2.24) is 9.97 Å². The van der Waals surface area contributed by atoms with Crippen molar-refractivity contribution < 1.29 is 13.9 Å². The van der Waals surface area contributed by atoms with Crippen molar-refractivity contribution >= 4 is 28.5 Å². The third kappa shape index (κ3) is 4.09. The maximum Gasteiger partial charge on any atom is 0.360 e. The number of aromatic nitrogens is 2. The molecule has 128 valence electrons. The van der Waals surface area contributed by atoms with Gasteiger partial charge in [-0.05, 0) is 36.2 Å². The first-order valence-electron chi connectivity index (χ1n) is 7.99. The van der Waals surface area contributed by atoms with E-state index in [-0.39, 0.29) is 29.9 Å². The SMILES string of the molecule is CC(C)COC(=O)c1nc2ccccc2nc1Nc1cccc(F)c1. The summed E-state index contributed by atoms with van der Waals surface area (Å²) in [6, 6.07) is 13.1. The van der Waals surface area contributed by atoms with Crippen molar-refractivity contribution in [3.05, 3.63) is 60.0 Å². The number of ether oxygens (including phenoxy) is 1. The largest absolute Gasteiger partial charge is 0.461 e. The molecule has 1 aromatic heterocycles. The number of para-hydroxylation sites is 2. The molecular formula is C19H18FN3O2. The van der Waals surface area contributed by atoms with E-state index in [1.54, 1.807) is 24.3 Å². The van der Waals surface area contributed by atoms with Crippen LogP contribution in [0.2, 0.25) is 0 Å². The molecule has 5 nitrogen and oxygen atoms in total. The lowest BCUT2D eigenvalue weighted by molar-refractivity contribution is 0.0453. The van der Waals surface area contributed by atoms with Gasteiger partial charge in [-0.1, -0.05) is 32.0 Å². The quantitative estimate of drug-likeness (QED) is 0.701. The lowest BCUT2D eigenvalue weighted by Crippen LogP contribution is -2.15. The Balaban J connectivity index is 2.01. The summed E-state index contributed by atoms with van der Waals surface area (Å²) in [5.41, 5.74) is 1.76. The van der Waals surface area contributed by atoms with Gasteiger partial charge in [-0.3, -0.25) is 0 Å². The third-order valence-corrected chi connectivity index (χ3v) is 3.40. The topological polar surface area (TPSA) is 64.1 Å². The molecule has 0 aliphatic heterocycles. The molecule has 25 heavy (non-hydrogen) atoms. The minimum atomic E-state index is -0.564. The third-order valence-electron chi connectivity index (χ3n) is 3.40. The number of nitrogens with zero attached hydrogens (tertiary/aromatic N) is 2. The molecule has 0 saturated carbocycles. The number of nitrogens with one attached hydrogen (secondary N) is 1. The zero-order valence-corrected chi connectivity index (χ0v) is 14.0. The molecule has 3 rings (SSSR count).